The molecule has 0 radical (unpaired) electrons. The molecule has 0 aromatic heterocycles. The maximum absolute atomic E-state index is 12.2. The van der Waals surface area contributed by atoms with E-state index in [2.05, 4.69) is 19.1 Å². The fraction of sp³-hybridized carbons (Fsp3) is 0.611. The molecule has 0 aliphatic heterocycles. The molecule has 1 saturated carbocycles. The number of ketones is 1. The number of aryl methyl sites for hydroxylation is 1. The van der Waals surface area contributed by atoms with E-state index < -0.39 is 0 Å². The Morgan fingerprint density at radius 3 is 2.50 bits per heavy atom. The molecule has 0 saturated heterocycles. The van der Waals surface area contributed by atoms with Crippen LogP contribution in [0.2, 0.25) is 0 Å². The highest BCUT2D eigenvalue weighted by atomic mass is 16.5. The second-order valence-electron chi connectivity index (χ2n) is 5.84. The van der Waals surface area contributed by atoms with Crippen LogP contribution >= 0.6 is 0 Å². The minimum atomic E-state index is 0.284. The zero-order valence-corrected chi connectivity index (χ0v) is 12.7. The van der Waals surface area contributed by atoms with Crippen LogP contribution in [0.5, 0.6) is 0 Å². The third kappa shape index (κ3) is 4.17. The summed E-state index contributed by atoms with van der Waals surface area (Å²) in [6, 6.07) is 8.19. The van der Waals surface area contributed by atoms with E-state index in [0.29, 0.717) is 18.4 Å². The van der Waals surface area contributed by atoms with E-state index in [-0.39, 0.29) is 5.78 Å². The molecular weight excluding hydrogens is 248 g/mol. The summed E-state index contributed by atoms with van der Waals surface area (Å²) in [5.74, 6) is 0.811. The summed E-state index contributed by atoms with van der Waals surface area (Å²) >= 11 is 0. The minimum absolute atomic E-state index is 0.284. The minimum Gasteiger partial charge on any atom is -0.378 e. The van der Waals surface area contributed by atoms with Gasteiger partial charge in [-0.3, -0.25) is 4.79 Å². The van der Waals surface area contributed by atoms with E-state index in [9.17, 15) is 4.79 Å². The second-order valence-corrected chi connectivity index (χ2v) is 5.84. The van der Waals surface area contributed by atoms with Crippen LogP contribution in [0.4, 0.5) is 0 Å². The molecule has 1 fully saturated rings. The summed E-state index contributed by atoms with van der Waals surface area (Å²) in [5.41, 5.74) is 2.20. The van der Waals surface area contributed by atoms with Crippen LogP contribution < -0.4 is 0 Å². The van der Waals surface area contributed by atoms with E-state index in [4.69, 9.17) is 4.74 Å². The summed E-state index contributed by atoms with van der Waals surface area (Å²) in [6.07, 6.45) is 6.72. The van der Waals surface area contributed by atoms with Gasteiger partial charge in [-0.05, 0) is 44.1 Å². The lowest BCUT2D eigenvalue weighted by Crippen LogP contribution is -2.32. The zero-order chi connectivity index (χ0) is 14.4. The molecule has 0 atom stereocenters. The summed E-state index contributed by atoms with van der Waals surface area (Å²) < 4.78 is 5.54. The molecule has 1 aliphatic rings. The molecule has 2 rings (SSSR count). The Bertz CT molecular complexity index is 416. The van der Waals surface area contributed by atoms with Crippen LogP contribution in [0.1, 0.15) is 61.9 Å². The second kappa shape index (κ2) is 7.58. The number of carbonyl (C=O) groups excluding carboxylic acids is 1. The van der Waals surface area contributed by atoms with Gasteiger partial charge in [-0.15, -0.1) is 0 Å². The number of carbonyl (C=O) groups is 1. The van der Waals surface area contributed by atoms with Crippen LogP contribution in [0.25, 0.3) is 0 Å². The van der Waals surface area contributed by atoms with Crippen LogP contribution in [-0.4, -0.2) is 18.5 Å². The predicted molar refractivity (Wildman–Crippen MR) is 82.1 cm³/mol. The first-order valence-corrected chi connectivity index (χ1v) is 7.96. The number of hydrogen-bond acceptors (Lipinski definition) is 2. The molecule has 1 aromatic carbocycles. The van der Waals surface area contributed by atoms with E-state index in [1.54, 1.807) is 0 Å². The number of hydrogen-bond donors (Lipinski definition) is 0. The standard InChI is InChI=1S/C18H26O2/c1-3-5-6-14-7-9-16(10-8-14)18(19)13-15-11-17(12-15)20-4-2/h7-10,15,17H,3-6,11-13H2,1-2H3. The van der Waals surface area contributed by atoms with E-state index >= 15 is 0 Å². The Morgan fingerprint density at radius 2 is 1.90 bits per heavy atom. The Balaban J connectivity index is 1.78. The first-order valence-electron chi connectivity index (χ1n) is 7.96. The van der Waals surface area contributed by atoms with Gasteiger partial charge in [0.25, 0.3) is 0 Å². The van der Waals surface area contributed by atoms with Gasteiger partial charge in [0.2, 0.25) is 0 Å². The zero-order valence-electron chi connectivity index (χ0n) is 12.7. The topological polar surface area (TPSA) is 26.3 Å². The fourth-order valence-corrected chi connectivity index (χ4v) is 2.83. The predicted octanol–water partition coefficient (Wildman–Crippen LogP) is 4.42. The average molecular weight is 274 g/mol. The van der Waals surface area contributed by atoms with Crippen molar-refractivity contribution < 1.29 is 9.53 Å². The normalized spacial score (nSPS) is 21.5. The van der Waals surface area contributed by atoms with E-state index in [0.717, 1.165) is 31.4 Å². The van der Waals surface area contributed by atoms with Gasteiger partial charge < -0.3 is 4.74 Å². The molecule has 2 nitrogen and oxygen atoms in total. The van der Waals surface area contributed by atoms with Crippen LogP contribution in [0.3, 0.4) is 0 Å². The van der Waals surface area contributed by atoms with Crippen molar-refractivity contribution in [2.45, 2.75) is 58.5 Å². The number of Topliss-reactive ketones (excluding diaryl/α,β-unsaturated/α-hetero) is 1. The first-order chi connectivity index (χ1) is 9.72. The van der Waals surface area contributed by atoms with Crippen molar-refractivity contribution in [3.8, 4) is 0 Å². The van der Waals surface area contributed by atoms with E-state index in [1.807, 2.05) is 19.1 Å². The lowest BCUT2D eigenvalue weighted by molar-refractivity contribution is -0.0246. The molecule has 0 N–H and O–H groups in total. The maximum atomic E-state index is 12.2. The number of rotatable bonds is 8. The van der Waals surface area contributed by atoms with Crippen LogP contribution in [-0.2, 0) is 11.2 Å². The highest BCUT2D eigenvalue weighted by molar-refractivity contribution is 5.96. The Labute approximate surface area is 122 Å². The molecule has 0 unspecified atom stereocenters. The molecule has 20 heavy (non-hydrogen) atoms. The molecule has 2 heteroatoms. The number of unbranched alkanes of at least 4 members (excludes halogenated alkanes) is 1. The van der Waals surface area contributed by atoms with Crippen molar-refractivity contribution in [3.05, 3.63) is 35.4 Å². The van der Waals surface area contributed by atoms with Crippen molar-refractivity contribution in [2.24, 2.45) is 5.92 Å². The third-order valence-corrected chi connectivity index (χ3v) is 4.16. The van der Waals surface area contributed by atoms with Gasteiger partial charge in [-0.2, -0.15) is 0 Å². The molecule has 110 valence electrons. The summed E-state index contributed by atoms with van der Waals surface area (Å²) in [5, 5.41) is 0. The van der Waals surface area contributed by atoms with Gasteiger partial charge in [0.15, 0.2) is 5.78 Å². The van der Waals surface area contributed by atoms with Gasteiger partial charge in [0, 0.05) is 18.6 Å². The summed E-state index contributed by atoms with van der Waals surface area (Å²) in [6.45, 7) is 5.01. The molecule has 0 amide bonds. The van der Waals surface area contributed by atoms with Crippen molar-refractivity contribution in [1.82, 2.24) is 0 Å². The number of benzene rings is 1. The molecule has 0 heterocycles. The van der Waals surface area contributed by atoms with Crippen molar-refractivity contribution >= 4 is 5.78 Å². The molecule has 0 bridgehead atoms. The smallest absolute Gasteiger partial charge is 0.163 e. The largest absolute Gasteiger partial charge is 0.378 e. The van der Waals surface area contributed by atoms with Crippen LogP contribution in [0.15, 0.2) is 24.3 Å². The fourth-order valence-electron chi connectivity index (χ4n) is 2.83. The SMILES string of the molecule is CCCCc1ccc(C(=O)CC2CC(OCC)C2)cc1. The van der Waals surface area contributed by atoms with Gasteiger partial charge in [-0.25, -0.2) is 0 Å². The molecule has 1 aliphatic carbocycles. The van der Waals surface area contributed by atoms with Gasteiger partial charge in [-0.1, -0.05) is 37.6 Å². The average Bonchev–Trinajstić information content (AvgIpc) is 2.43. The summed E-state index contributed by atoms with van der Waals surface area (Å²) in [7, 11) is 0. The monoisotopic (exact) mass is 274 g/mol. The van der Waals surface area contributed by atoms with Gasteiger partial charge in [0.05, 0.1) is 6.10 Å². The molecule has 0 spiro atoms. The number of ether oxygens (including phenoxy) is 1. The van der Waals surface area contributed by atoms with E-state index in [1.165, 1.54) is 18.4 Å². The first kappa shape index (κ1) is 15.2. The van der Waals surface area contributed by atoms with Crippen molar-refractivity contribution in [2.75, 3.05) is 6.61 Å². The Kier molecular flexibility index (Phi) is 5.78. The summed E-state index contributed by atoms with van der Waals surface area (Å²) in [4.78, 5) is 12.2. The molecule has 1 aromatic rings. The highest BCUT2D eigenvalue weighted by Gasteiger charge is 2.31. The highest BCUT2D eigenvalue weighted by Crippen LogP contribution is 2.33. The van der Waals surface area contributed by atoms with Gasteiger partial charge in [0.1, 0.15) is 0 Å². The Morgan fingerprint density at radius 1 is 1.20 bits per heavy atom. The lowest BCUT2D eigenvalue weighted by Gasteiger charge is -2.34. The van der Waals surface area contributed by atoms with Gasteiger partial charge >= 0.3 is 0 Å². The van der Waals surface area contributed by atoms with Crippen LogP contribution in [0, 0.1) is 5.92 Å². The van der Waals surface area contributed by atoms with Crippen molar-refractivity contribution in [3.63, 3.8) is 0 Å². The van der Waals surface area contributed by atoms with Crippen molar-refractivity contribution in [1.29, 1.82) is 0 Å². The maximum Gasteiger partial charge on any atom is 0.163 e. The lowest BCUT2D eigenvalue weighted by atomic mass is 9.78. The quantitative estimate of drug-likeness (QED) is 0.656. The molecular formula is C18H26O2. The Hall–Kier alpha value is -1.15. The third-order valence-electron chi connectivity index (χ3n) is 4.16.